The normalized spacial score (nSPS) is 11.7. The van der Waals surface area contributed by atoms with E-state index in [1.165, 1.54) is 80.1 Å². The summed E-state index contributed by atoms with van der Waals surface area (Å²) >= 11 is 1.86. The van der Waals surface area contributed by atoms with Gasteiger partial charge in [0.05, 0.1) is 11.4 Å². The molecule has 0 aliphatic rings. The topological polar surface area (TPSA) is 25.8 Å². The maximum atomic E-state index is 5.30. The van der Waals surface area contributed by atoms with Gasteiger partial charge in [-0.25, -0.2) is 9.97 Å². The third-order valence-electron chi connectivity index (χ3n) is 11.9. The van der Waals surface area contributed by atoms with Crippen LogP contribution in [0, 0.1) is 0 Å². The van der Waals surface area contributed by atoms with Crippen molar-refractivity contribution in [3.63, 3.8) is 0 Å². The van der Waals surface area contributed by atoms with Crippen LogP contribution in [0.25, 0.3) is 119 Å². The number of rotatable bonds is 5. The third-order valence-corrected chi connectivity index (χ3v) is 13.1. The smallest absolute Gasteiger partial charge is 0.160 e. The first-order valence-electron chi connectivity index (χ1n) is 20.1. The van der Waals surface area contributed by atoms with E-state index in [2.05, 4.69) is 200 Å². The van der Waals surface area contributed by atoms with E-state index in [9.17, 15) is 0 Å². The average Bonchev–Trinajstić information content (AvgIpc) is 3.70. The van der Waals surface area contributed by atoms with E-state index < -0.39 is 0 Å². The van der Waals surface area contributed by atoms with E-state index >= 15 is 0 Å². The molecule has 12 aromatic rings. The molecule has 2 aromatic heterocycles. The second-order valence-corrected chi connectivity index (χ2v) is 16.3. The van der Waals surface area contributed by atoms with E-state index in [0.29, 0.717) is 5.82 Å². The first kappa shape index (κ1) is 33.7. The Bertz CT molecular complexity index is 3600. The highest BCUT2D eigenvalue weighted by molar-refractivity contribution is 7.26. The summed E-state index contributed by atoms with van der Waals surface area (Å²) in [5, 5.41) is 12.5. The zero-order valence-corrected chi connectivity index (χ0v) is 32.7. The number of benzene rings is 10. The Hall–Kier alpha value is -7.46. The predicted molar refractivity (Wildman–Crippen MR) is 252 cm³/mol. The van der Waals surface area contributed by atoms with Gasteiger partial charge in [0.1, 0.15) is 0 Å². The summed E-state index contributed by atoms with van der Waals surface area (Å²) in [6.45, 7) is 0. The molecule has 12 rings (SSSR count). The lowest BCUT2D eigenvalue weighted by atomic mass is 9.86. The maximum Gasteiger partial charge on any atom is 0.160 e. The molecular weight excluding hydrogens is 733 g/mol. The van der Waals surface area contributed by atoms with Gasteiger partial charge in [-0.05, 0) is 83.5 Å². The highest BCUT2D eigenvalue weighted by atomic mass is 32.1. The molecule has 0 bridgehead atoms. The Balaban J connectivity index is 1.03. The monoisotopic (exact) mass is 766 g/mol. The Morgan fingerprint density at radius 2 is 0.932 bits per heavy atom. The van der Waals surface area contributed by atoms with Crippen molar-refractivity contribution in [1.82, 2.24) is 9.97 Å². The first-order chi connectivity index (χ1) is 29.2. The van der Waals surface area contributed by atoms with Crippen LogP contribution in [0.3, 0.4) is 0 Å². The molecule has 59 heavy (non-hydrogen) atoms. The zero-order chi connectivity index (χ0) is 38.9. The molecule has 2 heterocycles. The summed E-state index contributed by atoms with van der Waals surface area (Å²) in [7, 11) is 0. The van der Waals surface area contributed by atoms with E-state index in [-0.39, 0.29) is 0 Å². The van der Waals surface area contributed by atoms with Gasteiger partial charge in [0.15, 0.2) is 5.82 Å². The maximum absolute atomic E-state index is 5.30. The molecule has 274 valence electrons. The summed E-state index contributed by atoms with van der Waals surface area (Å²) in [5.74, 6) is 0.706. The standard InChI is InChI=1S/C56H34N2S/c1-2-14-38(15-3-1)56-57-51(37-27-25-36(26-28-37)42-22-12-23-49-46-21-10-11-24-53(46)59-55(42)49)34-52(58-56)45-31-32-47(44-20-9-8-19-43(44)45)54-41-18-7-5-16-39(41)33-50-40-17-6-4-13-35(40)29-30-48(50)54/h1-34H. The minimum absolute atomic E-state index is 0.706. The quantitative estimate of drug-likeness (QED) is 0.129. The Morgan fingerprint density at radius 1 is 0.305 bits per heavy atom. The van der Waals surface area contributed by atoms with Crippen LogP contribution >= 0.6 is 11.3 Å². The lowest BCUT2D eigenvalue weighted by Crippen LogP contribution is -1.97. The highest BCUT2D eigenvalue weighted by Gasteiger charge is 2.19. The van der Waals surface area contributed by atoms with Crippen LogP contribution in [0.1, 0.15) is 0 Å². The Labute approximate surface area is 345 Å². The van der Waals surface area contributed by atoms with Gasteiger partial charge in [-0.2, -0.15) is 0 Å². The molecule has 0 N–H and O–H groups in total. The van der Waals surface area contributed by atoms with Crippen molar-refractivity contribution < 1.29 is 0 Å². The largest absolute Gasteiger partial charge is 0.228 e. The second-order valence-electron chi connectivity index (χ2n) is 15.2. The minimum Gasteiger partial charge on any atom is -0.228 e. The van der Waals surface area contributed by atoms with Crippen molar-refractivity contribution in [2.45, 2.75) is 0 Å². The number of thiophene rings is 1. The molecule has 0 unspecified atom stereocenters. The molecule has 0 saturated carbocycles. The van der Waals surface area contributed by atoms with Gasteiger partial charge in [0, 0.05) is 36.9 Å². The van der Waals surface area contributed by atoms with Gasteiger partial charge in [0.25, 0.3) is 0 Å². The summed E-state index contributed by atoms with van der Waals surface area (Å²) in [6, 6.07) is 74.5. The molecule has 0 spiro atoms. The number of fused-ring (bicyclic) bond motifs is 8. The summed E-state index contributed by atoms with van der Waals surface area (Å²) in [6.07, 6.45) is 0. The van der Waals surface area contributed by atoms with Crippen molar-refractivity contribution in [3.05, 3.63) is 206 Å². The summed E-state index contributed by atoms with van der Waals surface area (Å²) in [4.78, 5) is 10.5. The van der Waals surface area contributed by atoms with E-state index in [4.69, 9.17) is 9.97 Å². The van der Waals surface area contributed by atoms with Crippen LogP contribution < -0.4 is 0 Å². The van der Waals surface area contributed by atoms with Gasteiger partial charge in [-0.1, -0.05) is 188 Å². The van der Waals surface area contributed by atoms with Gasteiger partial charge < -0.3 is 0 Å². The Morgan fingerprint density at radius 3 is 1.76 bits per heavy atom. The highest BCUT2D eigenvalue weighted by Crippen LogP contribution is 2.44. The van der Waals surface area contributed by atoms with Crippen LogP contribution in [0.2, 0.25) is 0 Å². The zero-order valence-electron chi connectivity index (χ0n) is 31.9. The molecule has 0 amide bonds. The minimum atomic E-state index is 0.706. The van der Waals surface area contributed by atoms with Crippen LogP contribution in [0.5, 0.6) is 0 Å². The molecule has 2 nitrogen and oxygen atoms in total. The molecule has 0 fully saturated rings. The fraction of sp³-hybridized carbons (Fsp3) is 0. The molecule has 0 saturated heterocycles. The van der Waals surface area contributed by atoms with Gasteiger partial charge in [-0.3, -0.25) is 0 Å². The lowest BCUT2D eigenvalue weighted by molar-refractivity contribution is 1.18. The van der Waals surface area contributed by atoms with E-state index in [0.717, 1.165) is 33.5 Å². The van der Waals surface area contributed by atoms with Crippen molar-refractivity contribution >= 4 is 74.6 Å². The molecule has 10 aromatic carbocycles. The molecule has 0 aliphatic heterocycles. The molecule has 0 aliphatic carbocycles. The van der Waals surface area contributed by atoms with Gasteiger partial charge >= 0.3 is 0 Å². The fourth-order valence-corrected chi connectivity index (χ4v) is 10.3. The first-order valence-corrected chi connectivity index (χ1v) is 20.9. The molecular formula is C56H34N2S. The van der Waals surface area contributed by atoms with Crippen LogP contribution in [0.4, 0.5) is 0 Å². The summed E-state index contributed by atoms with van der Waals surface area (Å²) < 4.78 is 2.63. The number of hydrogen-bond acceptors (Lipinski definition) is 3. The average molecular weight is 767 g/mol. The number of nitrogens with zero attached hydrogens (tertiary/aromatic N) is 2. The lowest BCUT2D eigenvalue weighted by Gasteiger charge is -2.17. The van der Waals surface area contributed by atoms with Crippen LogP contribution in [0.15, 0.2) is 206 Å². The number of hydrogen-bond donors (Lipinski definition) is 0. The SMILES string of the molecule is c1ccc(-c2nc(-c3ccc(-c4cccc5c4sc4ccccc45)cc3)cc(-c3ccc(-c4c5ccccc5cc5c4ccc4ccccc45)c4ccccc34)n2)cc1. The van der Waals surface area contributed by atoms with E-state index in [1.807, 2.05) is 17.4 Å². The van der Waals surface area contributed by atoms with Crippen molar-refractivity contribution in [3.8, 4) is 56.2 Å². The fourth-order valence-electron chi connectivity index (χ4n) is 9.10. The van der Waals surface area contributed by atoms with Crippen LogP contribution in [-0.2, 0) is 0 Å². The van der Waals surface area contributed by atoms with E-state index in [1.54, 1.807) is 0 Å². The van der Waals surface area contributed by atoms with Crippen molar-refractivity contribution in [2.75, 3.05) is 0 Å². The Kier molecular flexibility index (Phi) is 7.75. The van der Waals surface area contributed by atoms with Gasteiger partial charge in [-0.15, -0.1) is 11.3 Å². The summed E-state index contributed by atoms with van der Waals surface area (Å²) in [5.41, 5.74) is 9.81. The molecule has 3 heteroatoms. The third kappa shape index (κ3) is 5.55. The van der Waals surface area contributed by atoms with Gasteiger partial charge in [0.2, 0.25) is 0 Å². The van der Waals surface area contributed by atoms with Crippen molar-refractivity contribution in [2.24, 2.45) is 0 Å². The van der Waals surface area contributed by atoms with Crippen molar-refractivity contribution in [1.29, 1.82) is 0 Å². The van der Waals surface area contributed by atoms with Crippen LogP contribution in [-0.4, -0.2) is 9.97 Å². The second kappa shape index (κ2) is 13.6. The number of aromatic nitrogens is 2. The molecule has 0 atom stereocenters. The predicted octanol–water partition coefficient (Wildman–Crippen LogP) is 15.8. The molecule has 0 radical (unpaired) electrons.